The number of aliphatic hydroxyl groups excluding tert-OH is 1. The van der Waals surface area contributed by atoms with Gasteiger partial charge in [-0.3, -0.25) is 4.90 Å². The summed E-state index contributed by atoms with van der Waals surface area (Å²) in [7, 11) is 1.90. The van der Waals surface area contributed by atoms with Crippen molar-refractivity contribution in [3.63, 3.8) is 0 Å². The zero-order valence-corrected chi connectivity index (χ0v) is 12.3. The van der Waals surface area contributed by atoms with Crippen LogP contribution < -0.4 is 0 Å². The van der Waals surface area contributed by atoms with Crippen LogP contribution in [0.5, 0.6) is 0 Å². The van der Waals surface area contributed by atoms with Crippen LogP contribution in [0.4, 0.5) is 4.39 Å². The van der Waals surface area contributed by atoms with E-state index in [1.165, 1.54) is 6.07 Å². The minimum Gasteiger partial charge on any atom is -0.395 e. The lowest BCUT2D eigenvalue weighted by molar-refractivity contribution is 0.0425. The number of benzene rings is 1. The lowest BCUT2D eigenvalue weighted by Crippen LogP contribution is -2.35. The Bertz CT molecular complexity index is 497. The first-order valence-corrected chi connectivity index (χ1v) is 6.61. The molecule has 0 saturated heterocycles. The molecule has 0 unspecified atom stereocenters. The predicted octanol–water partition coefficient (Wildman–Crippen LogP) is 1.76. The smallest absolute Gasteiger partial charge is 0.138 e. The average molecular weight is 279 g/mol. The lowest BCUT2D eigenvalue weighted by Gasteiger charge is -2.25. The third kappa shape index (κ3) is 6.16. The third-order valence-electron chi connectivity index (χ3n) is 2.60. The maximum atomic E-state index is 13.6. The second-order valence-electron chi connectivity index (χ2n) is 5.57. The first-order chi connectivity index (χ1) is 9.31. The topological polar surface area (TPSA) is 43.7 Å². The van der Waals surface area contributed by atoms with Crippen LogP contribution >= 0.6 is 0 Å². The highest BCUT2D eigenvalue weighted by Crippen LogP contribution is 2.13. The zero-order chi connectivity index (χ0) is 15.2. The van der Waals surface area contributed by atoms with Gasteiger partial charge in [-0.25, -0.2) is 4.39 Å². The fourth-order valence-electron chi connectivity index (χ4n) is 2.01. The molecule has 0 aromatic heterocycles. The van der Waals surface area contributed by atoms with E-state index in [0.717, 1.165) is 5.56 Å². The first kappa shape index (κ1) is 16.6. The van der Waals surface area contributed by atoms with Crippen molar-refractivity contribution in [2.45, 2.75) is 32.4 Å². The van der Waals surface area contributed by atoms with Crippen molar-refractivity contribution in [2.24, 2.45) is 0 Å². The summed E-state index contributed by atoms with van der Waals surface area (Å²) in [6, 6.07) is 4.82. The Morgan fingerprint density at radius 3 is 2.65 bits per heavy atom. The summed E-state index contributed by atoms with van der Waals surface area (Å²) in [6.45, 7) is 4.61. The summed E-state index contributed by atoms with van der Waals surface area (Å²) < 4.78 is 13.6. The molecule has 1 rings (SSSR count). The van der Waals surface area contributed by atoms with Crippen molar-refractivity contribution < 1.29 is 14.6 Å². The van der Waals surface area contributed by atoms with Gasteiger partial charge in [0, 0.05) is 19.5 Å². The summed E-state index contributed by atoms with van der Waals surface area (Å²) >= 11 is 0. The molecule has 20 heavy (non-hydrogen) atoms. The second kappa shape index (κ2) is 7.39. The highest BCUT2D eigenvalue weighted by atomic mass is 19.1. The molecule has 0 heterocycles. The Labute approximate surface area is 120 Å². The van der Waals surface area contributed by atoms with Crippen LogP contribution in [-0.4, -0.2) is 40.9 Å². The number of rotatable bonds is 5. The molecule has 1 aromatic rings. The molecule has 0 spiro atoms. The fraction of sp³-hybridized carbons (Fsp3) is 0.500. The number of hydrogen-bond acceptors (Lipinski definition) is 3. The lowest BCUT2D eigenvalue weighted by atomic mass is 10.1. The van der Waals surface area contributed by atoms with Crippen LogP contribution in [0, 0.1) is 17.7 Å². The number of likely N-dealkylation sites (N-methyl/N-ethyl adjacent to an activating group) is 1. The van der Waals surface area contributed by atoms with Crippen molar-refractivity contribution in [2.75, 3.05) is 20.2 Å². The molecular formula is C16H22FNO2. The van der Waals surface area contributed by atoms with Gasteiger partial charge in [0.1, 0.15) is 5.82 Å². The molecule has 4 heteroatoms. The van der Waals surface area contributed by atoms with Gasteiger partial charge in [0.25, 0.3) is 0 Å². The molecule has 110 valence electrons. The van der Waals surface area contributed by atoms with Gasteiger partial charge in [0.05, 0.1) is 17.8 Å². The highest BCUT2D eigenvalue weighted by molar-refractivity contribution is 5.38. The van der Waals surface area contributed by atoms with Gasteiger partial charge in [-0.15, -0.1) is 0 Å². The highest BCUT2D eigenvalue weighted by Gasteiger charge is 2.15. The van der Waals surface area contributed by atoms with Crippen LogP contribution in [0.25, 0.3) is 0 Å². The van der Waals surface area contributed by atoms with Crippen LogP contribution in [0.15, 0.2) is 18.2 Å². The van der Waals surface area contributed by atoms with E-state index in [4.69, 9.17) is 5.11 Å². The quantitative estimate of drug-likeness (QED) is 0.807. The summed E-state index contributed by atoms with van der Waals surface area (Å²) in [5.74, 6) is 5.08. The van der Waals surface area contributed by atoms with Gasteiger partial charge in [-0.05, 0) is 38.6 Å². The van der Waals surface area contributed by atoms with E-state index >= 15 is 0 Å². The second-order valence-corrected chi connectivity index (χ2v) is 5.57. The molecular weight excluding hydrogens is 257 g/mol. The number of aliphatic hydroxyl groups is 2. The molecule has 0 bridgehead atoms. The standard InChI is InChI=1S/C16H22FNO2/c1-16(2,20)12-18(3)11-13-7-8-15(17)14(10-13)6-4-5-9-19/h7-8,10,19-20H,5,9,11-12H2,1-3H3. The third-order valence-corrected chi connectivity index (χ3v) is 2.60. The van der Waals surface area contributed by atoms with Crippen molar-refractivity contribution in [1.82, 2.24) is 4.90 Å². The van der Waals surface area contributed by atoms with Gasteiger partial charge in [-0.1, -0.05) is 17.9 Å². The summed E-state index contributed by atoms with van der Waals surface area (Å²) in [5, 5.41) is 18.4. The van der Waals surface area contributed by atoms with Crippen molar-refractivity contribution in [3.05, 3.63) is 35.1 Å². The van der Waals surface area contributed by atoms with E-state index < -0.39 is 5.60 Å². The van der Waals surface area contributed by atoms with Gasteiger partial charge in [0.2, 0.25) is 0 Å². The molecule has 0 aliphatic rings. The van der Waals surface area contributed by atoms with E-state index in [1.807, 2.05) is 11.9 Å². The maximum absolute atomic E-state index is 13.6. The first-order valence-electron chi connectivity index (χ1n) is 6.61. The Balaban J connectivity index is 2.78. The fourth-order valence-corrected chi connectivity index (χ4v) is 2.01. The molecule has 0 saturated carbocycles. The minimum atomic E-state index is -0.765. The summed E-state index contributed by atoms with van der Waals surface area (Å²) in [4.78, 5) is 1.97. The van der Waals surface area contributed by atoms with Crippen LogP contribution in [-0.2, 0) is 6.54 Å². The molecule has 0 fully saturated rings. The predicted molar refractivity (Wildman–Crippen MR) is 77.6 cm³/mol. The van der Waals surface area contributed by atoms with Gasteiger partial charge in [0.15, 0.2) is 0 Å². The van der Waals surface area contributed by atoms with Crippen LogP contribution in [0.2, 0.25) is 0 Å². The van der Waals surface area contributed by atoms with Crippen molar-refractivity contribution in [1.29, 1.82) is 0 Å². The number of nitrogens with zero attached hydrogens (tertiary/aromatic N) is 1. The Morgan fingerprint density at radius 2 is 2.05 bits per heavy atom. The normalized spacial score (nSPS) is 11.3. The van der Waals surface area contributed by atoms with Gasteiger partial charge in [-0.2, -0.15) is 0 Å². The Kier molecular flexibility index (Phi) is 6.15. The van der Waals surface area contributed by atoms with E-state index in [9.17, 15) is 9.50 Å². The van der Waals surface area contributed by atoms with Gasteiger partial charge < -0.3 is 10.2 Å². The van der Waals surface area contributed by atoms with Crippen molar-refractivity contribution in [3.8, 4) is 11.8 Å². The number of halogens is 1. The summed E-state index contributed by atoms with van der Waals surface area (Å²) in [5.41, 5.74) is 0.512. The monoisotopic (exact) mass is 279 g/mol. The van der Waals surface area contributed by atoms with Gasteiger partial charge >= 0.3 is 0 Å². The van der Waals surface area contributed by atoms with E-state index in [2.05, 4.69) is 11.8 Å². The molecule has 2 N–H and O–H groups in total. The zero-order valence-electron chi connectivity index (χ0n) is 12.3. The minimum absolute atomic E-state index is 0.0252. The molecule has 3 nitrogen and oxygen atoms in total. The molecule has 0 radical (unpaired) electrons. The average Bonchev–Trinajstić information content (AvgIpc) is 2.31. The summed E-state index contributed by atoms with van der Waals surface area (Å²) in [6.07, 6.45) is 0.336. The Hall–Kier alpha value is -1.41. The largest absolute Gasteiger partial charge is 0.395 e. The SMILES string of the molecule is CN(Cc1ccc(F)c(C#CCCO)c1)CC(C)(C)O. The molecule has 0 aliphatic carbocycles. The Morgan fingerprint density at radius 1 is 1.35 bits per heavy atom. The van der Waals surface area contributed by atoms with E-state index in [0.29, 0.717) is 25.1 Å². The molecule has 0 atom stereocenters. The number of hydrogen-bond donors (Lipinski definition) is 2. The maximum Gasteiger partial charge on any atom is 0.138 e. The van der Waals surface area contributed by atoms with E-state index in [1.54, 1.807) is 26.0 Å². The van der Waals surface area contributed by atoms with Crippen LogP contribution in [0.1, 0.15) is 31.4 Å². The van der Waals surface area contributed by atoms with Crippen LogP contribution in [0.3, 0.4) is 0 Å². The molecule has 0 amide bonds. The van der Waals surface area contributed by atoms with Crippen molar-refractivity contribution >= 4 is 0 Å². The van der Waals surface area contributed by atoms with E-state index in [-0.39, 0.29) is 12.4 Å². The molecule has 0 aliphatic heterocycles. The molecule has 1 aromatic carbocycles.